The Labute approximate surface area is 163 Å². The van der Waals surface area contributed by atoms with Crippen molar-refractivity contribution in [1.29, 1.82) is 0 Å². The van der Waals surface area contributed by atoms with Crippen LogP contribution in [0.25, 0.3) is 54.2 Å². The Morgan fingerprint density at radius 3 is 1.75 bits per heavy atom. The van der Waals surface area contributed by atoms with Crippen LogP contribution in [0.3, 0.4) is 0 Å². The molecule has 0 N–H and O–H groups in total. The van der Waals surface area contributed by atoms with Crippen LogP contribution < -0.4 is 0 Å². The molecule has 0 aliphatic heterocycles. The van der Waals surface area contributed by atoms with Crippen molar-refractivity contribution >= 4 is 43.1 Å². The molecule has 0 aliphatic rings. The molecule has 0 spiro atoms. The third-order valence-corrected chi connectivity index (χ3v) is 5.85. The minimum atomic E-state index is 1.29. The highest BCUT2D eigenvalue weighted by Crippen LogP contribution is 2.39. The summed E-state index contributed by atoms with van der Waals surface area (Å²) in [5.74, 6) is 0. The van der Waals surface area contributed by atoms with Crippen LogP contribution in [0.4, 0.5) is 0 Å². The molecule has 0 bridgehead atoms. The maximum Gasteiger partial charge on any atom is -0.00266 e. The van der Waals surface area contributed by atoms with E-state index in [1.807, 2.05) is 0 Å². The van der Waals surface area contributed by atoms with E-state index in [0.717, 1.165) is 0 Å². The summed E-state index contributed by atoms with van der Waals surface area (Å²) in [5.41, 5.74) is 2.60. The van der Waals surface area contributed by atoms with Crippen LogP contribution in [0.15, 0.2) is 109 Å². The zero-order chi connectivity index (χ0) is 18.5. The van der Waals surface area contributed by atoms with Crippen LogP contribution in [0.1, 0.15) is 0 Å². The van der Waals surface area contributed by atoms with Crippen LogP contribution in [0.2, 0.25) is 0 Å². The molecule has 0 amide bonds. The van der Waals surface area contributed by atoms with E-state index in [0.29, 0.717) is 0 Å². The van der Waals surface area contributed by atoms with Gasteiger partial charge in [-0.05, 0) is 54.2 Å². The summed E-state index contributed by atoms with van der Waals surface area (Å²) in [6.45, 7) is 0. The van der Waals surface area contributed by atoms with Gasteiger partial charge in [0.05, 0.1) is 0 Å². The topological polar surface area (TPSA) is 0 Å². The number of rotatable bonds is 1. The average Bonchev–Trinajstić information content (AvgIpc) is 2.78. The third-order valence-electron chi connectivity index (χ3n) is 5.85. The van der Waals surface area contributed by atoms with Crippen molar-refractivity contribution in [3.63, 3.8) is 0 Å². The lowest BCUT2D eigenvalue weighted by molar-refractivity contribution is 1.70. The third kappa shape index (κ3) is 2.18. The molecule has 0 saturated heterocycles. The molecule has 0 aliphatic carbocycles. The summed E-state index contributed by atoms with van der Waals surface area (Å²) >= 11 is 0. The molecular weight excluding hydrogens is 336 g/mol. The van der Waals surface area contributed by atoms with E-state index < -0.39 is 0 Å². The Balaban J connectivity index is 1.78. The molecule has 6 aromatic carbocycles. The minimum Gasteiger partial charge on any atom is -0.0616 e. The molecule has 0 aromatic heterocycles. The van der Waals surface area contributed by atoms with Crippen molar-refractivity contribution in [2.45, 2.75) is 0 Å². The van der Waals surface area contributed by atoms with Gasteiger partial charge in [-0.15, -0.1) is 0 Å². The molecule has 130 valence electrons. The van der Waals surface area contributed by atoms with E-state index in [2.05, 4.69) is 109 Å². The Kier molecular flexibility index (Phi) is 3.27. The standard InChI is InChI=1S/C28H18/c1-3-10-22-19(7-1)17-18-26-24(22)12-6-13-25(26)27-14-5-9-21-16-15-20-8-2-4-11-23(20)28(21)27/h1-18H. The highest BCUT2D eigenvalue weighted by molar-refractivity contribution is 6.19. The summed E-state index contributed by atoms with van der Waals surface area (Å²) in [5, 5.41) is 10.4. The van der Waals surface area contributed by atoms with Gasteiger partial charge >= 0.3 is 0 Å². The molecule has 6 aromatic rings. The number of fused-ring (bicyclic) bond motifs is 6. The van der Waals surface area contributed by atoms with Crippen LogP contribution >= 0.6 is 0 Å². The van der Waals surface area contributed by atoms with Gasteiger partial charge in [-0.25, -0.2) is 0 Å². The van der Waals surface area contributed by atoms with Crippen molar-refractivity contribution < 1.29 is 0 Å². The van der Waals surface area contributed by atoms with Crippen LogP contribution in [-0.2, 0) is 0 Å². The zero-order valence-electron chi connectivity index (χ0n) is 15.4. The molecular formula is C28H18. The van der Waals surface area contributed by atoms with E-state index in [1.54, 1.807) is 0 Å². The first-order valence-electron chi connectivity index (χ1n) is 9.71. The van der Waals surface area contributed by atoms with E-state index in [9.17, 15) is 0 Å². The van der Waals surface area contributed by atoms with Crippen molar-refractivity contribution in [3.05, 3.63) is 109 Å². The van der Waals surface area contributed by atoms with Gasteiger partial charge in [0.1, 0.15) is 0 Å². The second-order valence-corrected chi connectivity index (χ2v) is 7.38. The molecule has 0 unspecified atom stereocenters. The van der Waals surface area contributed by atoms with Crippen molar-refractivity contribution in [2.24, 2.45) is 0 Å². The first-order valence-corrected chi connectivity index (χ1v) is 9.71. The monoisotopic (exact) mass is 354 g/mol. The molecule has 0 heterocycles. The normalized spacial score (nSPS) is 11.6. The highest BCUT2D eigenvalue weighted by atomic mass is 14.1. The average molecular weight is 354 g/mol. The van der Waals surface area contributed by atoms with Crippen LogP contribution in [0, 0.1) is 0 Å². The molecule has 28 heavy (non-hydrogen) atoms. The number of hydrogen-bond acceptors (Lipinski definition) is 0. The van der Waals surface area contributed by atoms with Gasteiger partial charge in [0.2, 0.25) is 0 Å². The summed E-state index contributed by atoms with van der Waals surface area (Å²) < 4.78 is 0. The van der Waals surface area contributed by atoms with E-state index >= 15 is 0 Å². The van der Waals surface area contributed by atoms with Crippen molar-refractivity contribution in [1.82, 2.24) is 0 Å². The Hall–Kier alpha value is -3.64. The summed E-state index contributed by atoms with van der Waals surface area (Å²) in [6, 6.07) is 39.6. The summed E-state index contributed by atoms with van der Waals surface area (Å²) in [6.07, 6.45) is 0. The van der Waals surface area contributed by atoms with E-state index in [4.69, 9.17) is 0 Å². The molecule has 0 fully saturated rings. The van der Waals surface area contributed by atoms with Gasteiger partial charge in [0.15, 0.2) is 0 Å². The van der Waals surface area contributed by atoms with Gasteiger partial charge < -0.3 is 0 Å². The fourth-order valence-corrected chi connectivity index (χ4v) is 4.56. The van der Waals surface area contributed by atoms with Crippen molar-refractivity contribution in [2.75, 3.05) is 0 Å². The largest absolute Gasteiger partial charge is 0.0616 e. The molecule has 6 rings (SSSR count). The fraction of sp³-hybridized carbons (Fsp3) is 0. The first kappa shape index (κ1) is 15.4. The SMILES string of the molecule is c1ccc2c(c1)ccc1c(-c3cccc4ccc5ccccc5c34)cccc12. The zero-order valence-corrected chi connectivity index (χ0v) is 15.4. The molecule has 0 nitrogen and oxygen atoms in total. The fourth-order valence-electron chi connectivity index (χ4n) is 4.56. The predicted octanol–water partition coefficient (Wildman–Crippen LogP) is 7.97. The molecule has 0 heteroatoms. The van der Waals surface area contributed by atoms with Gasteiger partial charge in [-0.3, -0.25) is 0 Å². The van der Waals surface area contributed by atoms with Gasteiger partial charge in [-0.2, -0.15) is 0 Å². The van der Waals surface area contributed by atoms with Gasteiger partial charge in [-0.1, -0.05) is 109 Å². The van der Waals surface area contributed by atoms with Crippen LogP contribution in [0.5, 0.6) is 0 Å². The lowest BCUT2D eigenvalue weighted by atomic mass is 9.90. The maximum absolute atomic E-state index is 2.27. The lowest BCUT2D eigenvalue weighted by Gasteiger charge is -2.14. The molecule has 0 atom stereocenters. The first-order chi connectivity index (χ1) is 13.9. The predicted molar refractivity (Wildman–Crippen MR) is 122 cm³/mol. The lowest BCUT2D eigenvalue weighted by Crippen LogP contribution is -1.86. The molecule has 0 radical (unpaired) electrons. The Morgan fingerprint density at radius 2 is 0.857 bits per heavy atom. The number of benzene rings is 6. The highest BCUT2D eigenvalue weighted by Gasteiger charge is 2.11. The van der Waals surface area contributed by atoms with Crippen LogP contribution in [-0.4, -0.2) is 0 Å². The smallest absolute Gasteiger partial charge is 0.00266 e. The van der Waals surface area contributed by atoms with E-state index in [-0.39, 0.29) is 0 Å². The quantitative estimate of drug-likeness (QED) is 0.263. The Morgan fingerprint density at radius 1 is 0.286 bits per heavy atom. The number of hydrogen-bond donors (Lipinski definition) is 0. The second-order valence-electron chi connectivity index (χ2n) is 7.38. The van der Waals surface area contributed by atoms with E-state index in [1.165, 1.54) is 54.2 Å². The maximum atomic E-state index is 2.27. The second kappa shape index (κ2) is 5.94. The minimum absolute atomic E-state index is 1.29. The molecule has 0 saturated carbocycles. The Bertz CT molecular complexity index is 1510. The summed E-state index contributed by atoms with van der Waals surface area (Å²) in [7, 11) is 0. The van der Waals surface area contributed by atoms with Gasteiger partial charge in [0, 0.05) is 0 Å². The summed E-state index contributed by atoms with van der Waals surface area (Å²) in [4.78, 5) is 0. The van der Waals surface area contributed by atoms with Crippen molar-refractivity contribution in [3.8, 4) is 11.1 Å². The van der Waals surface area contributed by atoms with Gasteiger partial charge in [0.25, 0.3) is 0 Å².